The van der Waals surface area contributed by atoms with Gasteiger partial charge in [0.25, 0.3) is 0 Å². The van der Waals surface area contributed by atoms with Crippen LogP contribution in [0.3, 0.4) is 0 Å². The van der Waals surface area contributed by atoms with E-state index in [-0.39, 0.29) is 11.6 Å². The highest BCUT2D eigenvalue weighted by Gasteiger charge is 2.39. The van der Waals surface area contributed by atoms with Crippen molar-refractivity contribution in [2.24, 2.45) is 26.9 Å². The van der Waals surface area contributed by atoms with Crippen molar-refractivity contribution in [1.82, 2.24) is 5.01 Å². The number of amides is 3. The quantitative estimate of drug-likeness (QED) is 0.383. The van der Waals surface area contributed by atoms with Gasteiger partial charge in [0.05, 0.1) is 5.69 Å². The van der Waals surface area contributed by atoms with Crippen LogP contribution in [0.5, 0.6) is 0 Å². The fourth-order valence-electron chi connectivity index (χ4n) is 4.08. The summed E-state index contributed by atoms with van der Waals surface area (Å²) in [5.74, 6) is 0.0479. The van der Waals surface area contributed by atoms with E-state index in [9.17, 15) is 9.59 Å². The predicted molar refractivity (Wildman–Crippen MR) is 127 cm³/mol. The Morgan fingerprint density at radius 2 is 2.06 bits per heavy atom. The van der Waals surface area contributed by atoms with E-state index in [4.69, 9.17) is 0 Å². The lowest BCUT2D eigenvalue weighted by Gasteiger charge is -2.26. The van der Waals surface area contributed by atoms with Crippen LogP contribution in [0.15, 0.2) is 61.1 Å². The summed E-state index contributed by atoms with van der Waals surface area (Å²) in [6.45, 7) is 6.43. The van der Waals surface area contributed by atoms with Crippen LogP contribution in [0.2, 0.25) is 0 Å². The van der Waals surface area contributed by atoms with Gasteiger partial charge in [-0.05, 0) is 63.6 Å². The Bertz CT molecular complexity index is 1090. The molecule has 0 bridgehead atoms. The normalized spacial score (nSPS) is 22.7. The number of carbonyl (C=O) groups excluding carboxylic acids is 2. The lowest BCUT2D eigenvalue weighted by molar-refractivity contribution is -0.121. The Hall–Kier alpha value is -2.67. The predicted octanol–water partition coefficient (Wildman–Crippen LogP) is 5.99. The van der Waals surface area contributed by atoms with E-state index < -0.39 is 11.9 Å². The standard InChI is InChI=1S/C24H25BrN4O2/c1-14(2)5-4-6-16-7-8-17(15(3)11-16)13-26-29-23(30)22-21(28-24(29)31)19-12-18(25)9-10-20(19)27-22/h5,7,9-10,12-13,15,17H,4,6,8,11H2,1-3H3/t15-,17-/m1/s1. The van der Waals surface area contributed by atoms with Crippen molar-refractivity contribution in [2.75, 3.05) is 0 Å². The molecule has 0 aromatic heterocycles. The second-order valence-corrected chi connectivity index (χ2v) is 9.43. The van der Waals surface area contributed by atoms with E-state index in [1.807, 2.05) is 12.1 Å². The van der Waals surface area contributed by atoms with Gasteiger partial charge in [-0.1, -0.05) is 46.2 Å². The third-order valence-corrected chi connectivity index (χ3v) is 6.33. The molecule has 1 aromatic rings. The highest BCUT2D eigenvalue weighted by molar-refractivity contribution is 9.10. The molecule has 3 aliphatic rings. The second kappa shape index (κ2) is 8.83. The molecule has 0 spiro atoms. The number of carbonyl (C=O) groups is 2. The first-order valence-corrected chi connectivity index (χ1v) is 11.3. The van der Waals surface area contributed by atoms with Crippen molar-refractivity contribution in [3.05, 3.63) is 51.5 Å². The number of benzene rings is 1. The summed E-state index contributed by atoms with van der Waals surface area (Å²) in [6, 6.07) is 4.78. The topological polar surface area (TPSA) is 74.5 Å². The van der Waals surface area contributed by atoms with Crippen LogP contribution < -0.4 is 0 Å². The molecular weight excluding hydrogens is 456 g/mol. The number of fused-ring (bicyclic) bond motifs is 3. The van der Waals surface area contributed by atoms with E-state index in [1.54, 1.807) is 12.3 Å². The van der Waals surface area contributed by atoms with Crippen molar-refractivity contribution in [2.45, 2.75) is 46.5 Å². The number of nitrogens with zero attached hydrogens (tertiary/aromatic N) is 4. The Balaban J connectivity index is 1.47. The number of urea groups is 1. The molecule has 0 radical (unpaired) electrons. The van der Waals surface area contributed by atoms with Gasteiger partial charge in [-0.3, -0.25) is 4.79 Å². The van der Waals surface area contributed by atoms with Crippen LogP contribution in [0.25, 0.3) is 0 Å². The molecule has 0 N–H and O–H groups in total. The molecule has 3 amide bonds. The number of hydrogen-bond donors (Lipinski definition) is 0. The van der Waals surface area contributed by atoms with E-state index in [1.165, 1.54) is 11.1 Å². The molecule has 2 heterocycles. The van der Waals surface area contributed by atoms with E-state index in [0.717, 1.165) is 35.2 Å². The summed E-state index contributed by atoms with van der Waals surface area (Å²) in [6.07, 6.45) is 10.3. The summed E-state index contributed by atoms with van der Waals surface area (Å²) in [5, 5.41) is 5.08. The lowest BCUT2D eigenvalue weighted by Crippen LogP contribution is -2.43. The monoisotopic (exact) mass is 480 g/mol. The van der Waals surface area contributed by atoms with Gasteiger partial charge >= 0.3 is 11.9 Å². The third kappa shape index (κ3) is 4.51. The van der Waals surface area contributed by atoms with Crippen LogP contribution in [0, 0.1) is 11.8 Å². The molecule has 4 rings (SSSR count). The van der Waals surface area contributed by atoms with Gasteiger partial charge in [-0.2, -0.15) is 10.1 Å². The average molecular weight is 481 g/mol. The lowest BCUT2D eigenvalue weighted by atomic mass is 9.80. The maximum absolute atomic E-state index is 12.9. The van der Waals surface area contributed by atoms with Gasteiger partial charge in [0.2, 0.25) is 0 Å². The number of allylic oxidation sites excluding steroid dienone is 4. The van der Waals surface area contributed by atoms with Crippen LogP contribution in [0.1, 0.15) is 52.0 Å². The number of hydrogen-bond acceptors (Lipinski definition) is 4. The second-order valence-electron chi connectivity index (χ2n) is 8.51. The molecule has 31 heavy (non-hydrogen) atoms. The molecule has 7 heteroatoms. The fourth-order valence-corrected chi connectivity index (χ4v) is 4.45. The summed E-state index contributed by atoms with van der Waals surface area (Å²) in [5.41, 5.74) is 4.63. The molecule has 0 saturated carbocycles. The van der Waals surface area contributed by atoms with Crippen molar-refractivity contribution in [1.29, 1.82) is 0 Å². The summed E-state index contributed by atoms with van der Waals surface area (Å²) in [7, 11) is 0. The summed E-state index contributed by atoms with van der Waals surface area (Å²) >= 11 is 3.41. The van der Waals surface area contributed by atoms with Gasteiger partial charge in [0, 0.05) is 22.2 Å². The highest BCUT2D eigenvalue weighted by atomic mass is 79.9. The van der Waals surface area contributed by atoms with E-state index in [0.29, 0.717) is 22.9 Å². The number of rotatable bonds is 5. The molecule has 0 saturated heterocycles. The average Bonchev–Trinajstić information content (AvgIpc) is 3.07. The van der Waals surface area contributed by atoms with Crippen molar-refractivity contribution >= 4 is 51.2 Å². The van der Waals surface area contributed by atoms with E-state index >= 15 is 0 Å². The van der Waals surface area contributed by atoms with Crippen molar-refractivity contribution in [3.63, 3.8) is 0 Å². The maximum Gasteiger partial charge on any atom is 0.372 e. The van der Waals surface area contributed by atoms with E-state index in [2.05, 4.69) is 63.9 Å². The molecule has 2 aliphatic heterocycles. The Morgan fingerprint density at radius 3 is 2.81 bits per heavy atom. The summed E-state index contributed by atoms with van der Waals surface area (Å²) < 4.78 is 0.838. The third-order valence-electron chi connectivity index (χ3n) is 5.84. The molecular formula is C24H25BrN4O2. The Morgan fingerprint density at radius 1 is 1.26 bits per heavy atom. The fraction of sp³-hybridized carbons (Fsp3) is 0.375. The zero-order valence-electron chi connectivity index (χ0n) is 17.9. The van der Waals surface area contributed by atoms with Crippen molar-refractivity contribution < 1.29 is 9.59 Å². The molecule has 6 nitrogen and oxygen atoms in total. The number of aliphatic imine (C=N–C) groups is 2. The minimum Gasteiger partial charge on any atom is -0.265 e. The van der Waals surface area contributed by atoms with Gasteiger partial charge in [0.15, 0.2) is 5.71 Å². The van der Waals surface area contributed by atoms with Crippen LogP contribution in [0.4, 0.5) is 10.5 Å². The number of imide groups is 1. The Kier molecular flexibility index (Phi) is 6.14. The first-order chi connectivity index (χ1) is 14.8. The largest absolute Gasteiger partial charge is 0.372 e. The molecule has 1 aromatic carbocycles. The van der Waals surface area contributed by atoms with Gasteiger partial charge in [0.1, 0.15) is 5.71 Å². The molecule has 160 valence electrons. The van der Waals surface area contributed by atoms with Crippen molar-refractivity contribution in [3.8, 4) is 0 Å². The zero-order chi connectivity index (χ0) is 22.1. The number of hydrazone groups is 1. The first kappa shape index (κ1) is 21.6. The molecule has 1 aliphatic carbocycles. The van der Waals surface area contributed by atoms with Crippen LogP contribution in [-0.2, 0) is 4.79 Å². The molecule has 0 fully saturated rings. The highest BCUT2D eigenvalue weighted by Crippen LogP contribution is 2.33. The van der Waals surface area contributed by atoms with Gasteiger partial charge < -0.3 is 0 Å². The zero-order valence-corrected chi connectivity index (χ0v) is 19.5. The van der Waals surface area contributed by atoms with Crippen LogP contribution in [-0.4, -0.2) is 34.6 Å². The first-order valence-electron chi connectivity index (χ1n) is 10.5. The smallest absolute Gasteiger partial charge is 0.265 e. The number of halogens is 1. The minimum absolute atomic E-state index is 0.169. The SMILES string of the molecule is CC(C)=CCCC1=CC[C@H](C=NN2C(=O)N=C3C(=Nc4ccc(Br)cc43)C2=O)[C@H](C)C1. The minimum atomic E-state index is -0.676. The maximum atomic E-state index is 12.9. The molecule has 0 unspecified atom stereocenters. The van der Waals surface area contributed by atoms with Gasteiger partial charge in [-0.15, -0.1) is 5.01 Å². The Labute approximate surface area is 190 Å². The summed E-state index contributed by atoms with van der Waals surface area (Å²) in [4.78, 5) is 33.9. The van der Waals surface area contributed by atoms with Gasteiger partial charge in [-0.25, -0.2) is 9.79 Å². The molecule has 2 atom stereocenters. The van der Waals surface area contributed by atoms with Crippen LogP contribution >= 0.6 is 15.9 Å².